The molecule has 0 spiro atoms. The second-order valence-corrected chi connectivity index (χ2v) is 9.20. The van der Waals surface area contributed by atoms with Crippen LogP contribution < -0.4 is 16.4 Å². The molecule has 0 radical (unpaired) electrons. The lowest BCUT2D eigenvalue weighted by Crippen LogP contribution is -2.54. The summed E-state index contributed by atoms with van der Waals surface area (Å²) in [4.78, 5) is 50.8. The summed E-state index contributed by atoms with van der Waals surface area (Å²) in [5.74, 6) is -1.16. The van der Waals surface area contributed by atoms with Gasteiger partial charge in [-0.2, -0.15) is 0 Å². The van der Waals surface area contributed by atoms with Gasteiger partial charge in [0.05, 0.1) is 11.1 Å². The van der Waals surface area contributed by atoms with E-state index in [0.29, 0.717) is 17.7 Å². The van der Waals surface area contributed by atoms with Crippen molar-refractivity contribution in [2.24, 2.45) is 17.1 Å². The second-order valence-electron chi connectivity index (χ2n) is 9.20. The largest absolute Gasteiger partial charge is 0.327 e. The number of rotatable bonds is 5. The third-order valence-corrected chi connectivity index (χ3v) is 7.47. The molecule has 2 aliphatic carbocycles. The zero-order valence-corrected chi connectivity index (χ0v) is 16.8. The van der Waals surface area contributed by atoms with E-state index in [1.165, 1.54) is 6.42 Å². The van der Waals surface area contributed by atoms with Gasteiger partial charge in [0, 0.05) is 25.6 Å². The van der Waals surface area contributed by atoms with Crippen molar-refractivity contribution in [3.63, 3.8) is 0 Å². The van der Waals surface area contributed by atoms with Gasteiger partial charge in [0.15, 0.2) is 0 Å². The lowest BCUT2D eigenvalue weighted by atomic mass is 9.80. The summed E-state index contributed by atoms with van der Waals surface area (Å²) >= 11 is 0. The standard InChI is InChI=1S/C22H26N4O4/c23-16-8-12-6-7-22(16,9-12)11-24-10-13-2-1-3-14-18(13)21(30)26(20(14)29)15-4-5-17(27)25-19(15)28/h1-3,12,15-16,24H,4-11,23H2,(H,25,27,28). The van der Waals surface area contributed by atoms with Gasteiger partial charge in [0.1, 0.15) is 6.04 Å². The molecule has 8 nitrogen and oxygen atoms in total. The molecule has 3 fully saturated rings. The van der Waals surface area contributed by atoms with Crippen LogP contribution in [0.3, 0.4) is 0 Å². The molecule has 4 unspecified atom stereocenters. The van der Waals surface area contributed by atoms with E-state index in [-0.39, 0.29) is 30.2 Å². The number of benzene rings is 1. The highest BCUT2D eigenvalue weighted by Crippen LogP contribution is 2.52. The molecule has 30 heavy (non-hydrogen) atoms. The monoisotopic (exact) mass is 410 g/mol. The predicted molar refractivity (Wildman–Crippen MR) is 107 cm³/mol. The summed E-state index contributed by atoms with van der Waals surface area (Å²) in [6.07, 6.45) is 4.90. The van der Waals surface area contributed by atoms with E-state index in [1.807, 2.05) is 6.07 Å². The molecule has 2 heterocycles. The van der Waals surface area contributed by atoms with E-state index in [1.54, 1.807) is 12.1 Å². The SMILES string of the molecule is NC1CC2CCC1(CNCc1cccc3c1C(=O)N(C1CCC(=O)NC1=O)C3=O)C2. The van der Waals surface area contributed by atoms with E-state index >= 15 is 0 Å². The Balaban J connectivity index is 1.33. The fourth-order valence-corrected chi connectivity index (χ4v) is 5.89. The first kappa shape index (κ1) is 19.4. The smallest absolute Gasteiger partial charge is 0.262 e. The van der Waals surface area contributed by atoms with Crippen molar-refractivity contribution < 1.29 is 19.2 Å². The van der Waals surface area contributed by atoms with Gasteiger partial charge in [-0.05, 0) is 55.1 Å². The van der Waals surface area contributed by atoms with Crippen LogP contribution in [0.4, 0.5) is 0 Å². The molecule has 1 aromatic carbocycles. The predicted octanol–water partition coefficient (Wildman–Crippen LogP) is 0.695. The van der Waals surface area contributed by atoms with E-state index < -0.39 is 23.8 Å². The minimum atomic E-state index is -0.943. The van der Waals surface area contributed by atoms with Crippen molar-refractivity contribution >= 4 is 23.6 Å². The lowest BCUT2D eigenvalue weighted by molar-refractivity contribution is -0.136. The van der Waals surface area contributed by atoms with E-state index in [0.717, 1.165) is 42.2 Å². The number of imide groups is 2. The van der Waals surface area contributed by atoms with Gasteiger partial charge in [-0.25, -0.2) is 0 Å². The van der Waals surface area contributed by atoms with Gasteiger partial charge in [-0.3, -0.25) is 29.4 Å². The number of hydrogen-bond acceptors (Lipinski definition) is 6. The average molecular weight is 410 g/mol. The maximum Gasteiger partial charge on any atom is 0.262 e. The summed E-state index contributed by atoms with van der Waals surface area (Å²) in [7, 11) is 0. The minimum absolute atomic E-state index is 0.113. The number of hydrogen-bond donors (Lipinski definition) is 3. The van der Waals surface area contributed by atoms with Crippen molar-refractivity contribution in [2.45, 2.75) is 57.2 Å². The Morgan fingerprint density at radius 1 is 1.17 bits per heavy atom. The van der Waals surface area contributed by atoms with Crippen molar-refractivity contribution in [3.8, 4) is 0 Å². The molecule has 8 heteroatoms. The van der Waals surface area contributed by atoms with Crippen molar-refractivity contribution in [1.29, 1.82) is 0 Å². The van der Waals surface area contributed by atoms with Crippen molar-refractivity contribution in [3.05, 3.63) is 34.9 Å². The van der Waals surface area contributed by atoms with Gasteiger partial charge < -0.3 is 11.1 Å². The summed E-state index contributed by atoms with van der Waals surface area (Å²) in [6.45, 7) is 1.26. The number of piperidine rings is 1. The molecule has 158 valence electrons. The number of nitrogens with one attached hydrogen (secondary N) is 2. The van der Waals surface area contributed by atoms with Crippen LogP contribution in [0.2, 0.25) is 0 Å². The van der Waals surface area contributed by atoms with E-state index in [2.05, 4.69) is 10.6 Å². The zero-order chi connectivity index (χ0) is 21.0. The Hall–Kier alpha value is -2.58. The van der Waals surface area contributed by atoms with Gasteiger partial charge in [0.2, 0.25) is 11.8 Å². The third kappa shape index (κ3) is 2.89. The Morgan fingerprint density at radius 2 is 2.00 bits per heavy atom. The summed E-state index contributed by atoms with van der Waals surface area (Å²) < 4.78 is 0. The first-order valence-corrected chi connectivity index (χ1v) is 10.7. The van der Waals surface area contributed by atoms with Gasteiger partial charge in [-0.15, -0.1) is 0 Å². The van der Waals surface area contributed by atoms with E-state index in [4.69, 9.17) is 5.73 Å². The second kappa shape index (κ2) is 6.99. The summed E-state index contributed by atoms with van der Waals surface area (Å²) in [5.41, 5.74) is 7.95. The fourth-order valence-electron chi connectivity index (χ4n) is 5.89. The molecule has 5 rings (SSSR count). The van der Waals surface area contributed by atoms with Crippen LogP contribution in [0, 0.1) is 11.3 Å². The highest BCUT2D eigenvalue weighted by molar-refractivity contribution is 6.24. The van der Waals surface area contributed by atoms with Gasteiger partial charge in [0.25, 0.3) is 11.8 Å². The number of carbonyl (C=O) groups excluding carboxylic acids is 4. The Morgan fingerprint density at radius 3 is 2.70 bits per heavy atom. The van der Waals surface area contributed by atoms with Crippen LogP contribution in [0.25, 0.3) is 0 Å². The molecule has 4 aliphatic rings. The van der Waals surface area contributed by atoms with Crippen molar-refractivity contribution in [1.82, 2.24) is 15.5 Å². The first-order valence-electron chi connectivity index (χ1n) is 10.7. The third-order valence-electron chi connectivity index (χ3n) is 7.47. The molecular formula is C22H26N4O4. The molecule has 4 N–H and O–H groups in total. The number of amides is 4. The molecule has 1 aromatic rings. The van der Waals surface area contributed by atoms with Crippen molar-refractivity contribution in [2.75, 3.05) is 6.54 Å². The maximum absolute atomic E-state index is 13.1. The van der Waals surface area contributed by atoms with Crippen LogP contribution in [-0.4, -0.2) is 47.2 Å². The normalized spacial score (nSPS) is 32.7. The zero-order valence-electron chi connectivity index (χ0n) is 16.8. The quantitative estimate of drug-likeness (QED) is 0.614. The lowest BCUT2D eigenvalue weighted by Gasteiger charge is -2.33. The number of nitrogens with zero attached hydrogens (tertiary/aromatic N) is 1. The van der Waals surface area contributed by atoms with E-state index in [9.17, 15) is 19.2 Å². The fraction of sp³-hybridized carbons (Fsp3) is 0.545. The first-order chi connectivity index (χ1) is 14.4. The van der Waals surface area contributed by atoms with Gasteiger partial charge in [-0.1, -0.05) is 12.1 Å². The van der Waals surface area contributed by atoms with Crippen LogP contribution in [0.1, 0.15) is 64.8 Å². The molecule has 2 aliphatic heterocycles. The summed E-state index contributed by atoms with van der Waals surface area (Å²) in [6, 6.07) is 4.51. The topological polar surface area (TPSA) is 122 Å². The van der Waals surface area contributed by atoms with Crippen LogP contribution in [0.5, 0.6) is 0 Å². The molecule has 2 saturated carbocycles. The Bertz CT molecular complexity index is 960. The van der Waals surface area contributed by atoms with Crippen LogP contribution in [-0.2, 0) is 16.1 Å². The molecular weight excluding hydrogens is 384 g/mol. The number of fused-ring (bicyclic) bond motifs is 3. The average Bonchev–Trinajstić information content (AvgIpc) is 3.33. The molecule has 0 aromatic heterocycles. The van der Waals surface area contributed by atoms with Crippen LogP contribution >= 0.6 is 0 Å². The van der Waals surface area contributed by atoms with Crippen LogP contribution in [0.15, 0.2) is 18.2 Å². The number of nitrogens with two attached hydrogens (primary N) is 1. The molecule has 1 saturated heterocycles. The van der Waals surface area contributed by atoms with Gasteiger partial charge >= 0.3 is 0 Å². The minimum Gasteiger partial charge on any atom is -0.327 e. The maximum atomic E-state index is 13.1. The number of carbonyl (C=O) groups is 4. The Kier molecular flexibility index (Phi) is 4.52. The highest BCUT2D eigenvalue weighted by Gasteiger charge is 2.50. The summed E-state index contributed by atoms with van der Waals surface area (Å²) in [5, 5.41) is 5.71. The Labute approximate surface area is 174 Å². The molecule has 2 bridgehead atoms. The molecule has 4 atom stereocenters. The molecule has 4 amide bonds. The highest BCUT2D eigenvalue weighted by atomic mass is 16.2.